The van der Waals surface area contributed by atoms with Crippen molar-refractivity contribution in [2.24, 2.45) is 5.14 Å². The number of pyridine rings is 1. The molecule has 6 heteroatoms. The maximum absolute atomic E-state index is 10.6. The quantitative estimate of drug-likeness (QED) is 0.646. The number of aromatic nitrogens is 1. The maximum atomic E-state index is 10.6. The molecule has 1 aromatic heterocycles. The van der Waals surface area contributed by atoms with Gasteiger partial charge < -0.3 is 5.32 Å². The molecule has 0 aliphatic heterocycles. The summed E-state index contributed by atoms with van der Waals surface area (Å²) in [5.74, 6) is -0.0484. The molecule has 0 atom stereocenters. The number of rotatable bonds is 5. The van der Waals surface area contributed by atoms with E-state index >= 15 is 0 Å². The van der Waals surface area contributed by atoms with Crippen LogP contribution in [0.2, 0.25) is 0 Å². The van der Waals surface area contributed by atoms with Gasteiger partial charge in [0.1, 0.15) is 0 Å². The summed E-state index contributed by atoms with van der Waals surface area (Å²) in [6.45, 7) is 0.955. The number of nitrogens with one attached hydrogen (secondary N) is 1. The van der Waals surface area contributed by atoms with Gasteiger partial charge in [-0.2, -0.15) is 0 Å². The van der Waals surface area contributed by atoms with E-state index in [2.05, 4.69) is 10.3 Å². The molecule has 1 rings (SSSR count). The fraction of sp³-hybridized carbons (Fsp3) is 0.375. The molecule has 0 amide bonds. The van der Waals surface area contributed by atoms with Gasteiger partial charge in [-0.05, 0) is 11.6 Å². The third kappa shape index (κ3) is 4.90. The van der Waals surface area contributed by atoms with E-state index in [1.165, 1.54) is 0 Å². The van der Waals surface area contributed by atoms with Crippen LogP contribution in [0.25, 0.3) is 0 Å². The van der Waals surface area contributed by atoms with Gasteiger partial charge in [0, 0.05) is 25.5 Å². The van der Waals surface area contributed by atoms with Crippen molar-refractivity contribution in [1.82, 2.24) is 10.3 Å². The van der Waals surface area contributed by atoms with E-state index in [0.29, 0.717) is 13.1 Å². The van der Waals surface area contributed by atoms with Crippen molar-refractivity contribution in [2.45, 2.75) is 6.54 Å². The SMILES string of the molecule is NS(=O)(=O)CCNCc1cccnc1. The topological polar surface area (TPSA) is 85.1 Å². The van der Waals surface area contributed by atoms with Gasteiger partial charge in [-0.25, -0.2) is 13.6 Å². The third-order valence-corrected chi connectivity index (χ3v) is 2.39. The Labute approximate surface area is 83.4 Å². The van der Waals surface area contributed by atoms with Crippen LogP contribution in [-0.4, -0.2) is 25.7 Å². The van der Waals surface area contributed by atoms with Gasteiger partial charge in [-0.15, -0.1) is 0 Å². The Morgan fingerprint density at radius 2 is 2.29 bits per heavy atom. The summed E-state index contributed by atoms with van der Waals surface area (Å²) in [6, 6.07) is 3.74. The number of nitrogens with two attached hydrogens (primary N) is 1. The van der Waals surface area contributed by atoms with E-state index in [4.69, 9.17) is 5.14 Å². The zero-order valence-corrected chi connectivity index (χ0v) is 8.50. The lowest BCUT2D eigenvalue weighted by Crippen LogP contribution is -2.26. The lowest BCUT2D eigenvalue weighted by atomic mass is 10.3. The first-order valence-electron chi connectivity index (χ1n) is 4.18. The highest BCUT2D eigenvalue weighted by Crippen LogP contribution is 1.93. The average Bonchev–Trinajstić information content (AvgIpc) is 2.13. The first-order valence-corrected chi connectivity index (χ1v) is 5.89. The monoisotopic (exact) mass is 215 g/mol. The van der Waals surface area contributed by atoms with Crippen LogP contribution in [0.4, 0.5) is 0 Å². The molecule has 0 aromatic carbocycles. The van der Waals surface area contributed by atoms with Crippen molar-refractivity contribution in [2.75, 3.05) is 12.3 Å². The van der Waals surface area contributed by atoms with Crippen LogP contribution in [0, 0.1) is 0 Å². The normalized spacial score (nSPS) is 11.5. The van der Waals surface area contributed by atoms with Gasteiger partial charge in [0.05, 0.1) is 5.75 Å². The number of primary sulfonamides is 1. The Balaban J connectivity index is 2.23. The van der Waals surface area contributed by atoms with Gasteiger partial charge in [-0.1, -0.05) is 6.07 Å². The van der Waals surface area contributed by atoms with Gasteiger partial charge in [0.2, 0.25) is 10.0 Å². The van der Waals surface area contributed by atoms with Crippen LogP contribution < -0.4 is 10.5 Å². The van der Waals surface area contributed by atoms with Crippen LogP contribution in [0.5, 0.6) is 0 Å². The fourth-order valence-corrected chi connectivity index (χ4v) is 1.38. The first-order chi connectivity index (χ1) is 6.58. The van der Waals surface area contributed by atoms with Crippen LogP contribution in [0.3, 0.4) is 0 Å². The van der Waals surface area contributed by atoms with E-state index in [1.54, 1.807) is 12.4 Å². The van der Waals surface area contributed by atoms with Gasteiger partial charge in [-0.3, -0.25) is 4.98 Å². The van der Waals surface area contributed by atoms with E-state index in [-0.39, 0.29) is 5.75 Å². The van der Waals surface area contributed by atoms with E-state index < -0.39 is 10.0 Å². The summed E-state index contributed by atoms with van der Waals surface area (Å²) in [6.07, 6.45) is 3.41. The number of hydrogen-bond acceptors (Lipinski definition) is 4. The summed E-state index contributed by atoms with van der Waals surface area (Å²) >= 11 is 0. The van der Waals surface area contributed by atoms with Crippen LogP contribution in [-0.2, 0) is 16.6 Å². The zero-order chi connectivity index (χ0) is 10.4. The Morgan fingerprint density at radius 3 is 2.86 bits per heavy atom. The van der Waals surface area contributed by atoms with E-state index in [0.717, 1.165) is 5.56 Å². The molecule has 0 saturated heterocycles. The second-order valence-corrected chi connectivity index (χ2v) is 4.64. The van der Waals surface area contributed by atoms with Gasteiger partial charge >= 0.3 is 0 Å². The molecule has 1 aromatic rings. The molecule has 0 saturated carbocycles. The first kappa shape index (κ1) is 11.1. The van der Waals surface area contributed by atoms with Crippen molar-refractivity contribution in [3.63, 3.8) is 0 Å². The molecular weight excluding hydrogens is 202 g/mol. The maximum Gasteiger partial charge on any atom is 0.210 e. The van der Waals surface area contributed by atoms with Crippen LogP contribution in [0.15, 0.2) is 24.5 Å². The smallest absolute Gasteiger partial charge is 0.210 e. The van der Waals surface area contributed by atoms with Crippen molar-refractivity contribution in [3.05, 3.63) is 30.1 Å². The molecule has 1 heterocycles. The zero-order valence-electron chi connectivity index (χ0n) is 7.68. The van der Waals surface area contributed by atoms with Crippen molar-refractivity contribution >= 4 is 10.0 Å². The second-order valence-electron chi connectivity index (χ2n) is 2.91. The average molecular weight is 215 g/mol. The Hall–Kier alpha value is -0.980. The van der Waals surface area contributed by atoms with Crippen LogP contribution >= 0.6 is 0 Å². The van der Waals surface area contributed by atoms with Crippen molar-refractivity contribution in [3.8, 4) is 0 Å². The Kier molecular flexibility index (Phi) is 3.99. The Morgan fingerprint density at radius 1 is 1.50 bits per heavy atom. The van der Waals surface area contributed by atoms with Crippen molar-refractivity contribution < 1.29 is 8.42 Å². The third-order valence-electron chi connectivity index (χ3n) is 1.62. The number of nitrogens with zero attached hydrogens (tertiary/aromatic N) is 1. The molecule has 78 valence electrons. The lowest BCUT2D eigenvalue weighted by molar-refractivity contribution is 0.592. The molecular formula is C8H13N3O2S. The highest BCUT2D eigenvalue weighted by Gasteiger charge is 2.00. The minimum Gasteiger partial charge on any atom is -0.312 e. The molecule has 3 N–H and O–H groups in total. The van der Waals surface area contributed by atoms with Gasteiger partial charge in [0.15, 0.2) is 0 Å². The Bertz CT molecular complexity index is 363. The summed E-state index contributed by atoms with van der Waals surface area (Å²) in [4.78, 5) is 3.93. The van der Waals surface area contributed by atoms with E-state index in [1.807, 2.05) is 12.1 Å². The second kappa shape index (κ2) is 5.04. The molecule has 0 fully saturated rings. The molecule has 0 unspecified atom stereocenters. The number of hydrogen-bond donors (Lipinski definition) is 2. The summed E-state index contributed by atoms with van der Waals surface area (Å²) < 4.78 is 21.1. The minimum absolute atomic E-state index is 0.0484. The molecule has 0 spiro atoms. The minimum atomic E-state index is -3.36. The van der Waals surface area contributed by atoms with E-state index in [9.17, 15) is 8.42 Å². The molecule has 5 nitrogen and oxygen atoms in total. The molecule has 0 bridgehead atoms. The standard InChI is InChI=1S/C8H13N3O2S/c9-14(12,13)5-4-11-7-8-2-1-3-10-6-8/h1-3,6,11H,4-5,7H2,(H2,9,12,13). The summed E-state index contributed by atoms with van der Waals surface area (Å²) in [7, 11) is -3.36. The molecule has 0 aliphatic rings. The highest BCUT2D eigenvalue weighted by molar-refractivity contribution is 7.89. The molecule has 0 aliphatic carbocycles. The molecule has 0 radical (unpaired) electrons. The lowest BCUT2D eigenvalue weighted by Gasteiger charge is -2.02. The largest absolute Gasteiger partial charge is 0.312 e. The van der Waals surface area contributed by atoms with Crippen molar-refractivity contribution in [1.29, 1.82) is 0 Å². The van der Waals surface area contributed by atoms with Crippen LogP contribution in [0.1, 0.15) is 5.56 Å². The highest BCUT2D eigenvalue weighted by atomic mass is 32.2. The summed E-state index contributed by atoms with van der Waals surface area (Å²) in [5, 5.41) is 7.79. The predicted molar refractivity (Wildman–Crippen MR) is 53.9 cm³/mol. The predicted octanol–water partition coefficient (Wildman–Crippen LogP) is -0.540. The van der Waals surface area contributed by atoms with Gasteiger partial charge in [0.25, 0.3) is 0 Å². The fourth-order valence-electron chi connectivity index (χ4n) is 0.950. The summed E-state index contributed by atoms with van der Waals surface area (Å²) in [5.41, 5.74) is 1.02. The molecule has 14 heavy (non-hydrogen) atoms. The number of sulfonamides is 1.